The van der Waals surface area contributed by atoms with Gasteiger partial charge in [0.2, 0.25) is 0 Å². The van der Waals surface area contributed by atoms with Gasteiger partial charge >= 0.3 is 0 Å². The number of nitrogens with zero attached hydrogens (tertiary/aromatic N) is 3. The number of benzene rings is 1. The number of hydrogen-bond acceptors (Lipinski definition) is 2. The highest BCUT2D eigenvalue weighted by Gasteiger charge is 2.15. The molecular formula is C16H20N4S. The van der Waals surface area contributed by atoms with Gasteiger partial charge in [-0.05, 0) is 42.8 Å². The molecule has 0 radical (unpaired) electrons. The maximum Gasteiger partial charge on any atom is 0.184 e. The maximum absolute atomic E-state index is 5.52. The molecule has 110 valence electrons. The summed E-state index contributed by atoms with van der Waals surface area (Å²) >= 11 is 5.52. The summed E-state index contributed by atoms with van der Waals surface area (Å²) in [6.45, 7) is 4.32. The van der Waals surface area contributed by atoms with Crippen molar-refractivity contribution in [3.05, 3.63) is 40.3 Å². The van der Waals surface area contributed by atoms with E-state index < -0.39 is 0 Å². The molecule has 0 bridgehead atoms. The van der Waals surface area contributed by atoms with Gasteiger partial charge in [0, 0.05) is 12.7 Å². The third kappa shape index (κ3) is 2.31. The fourth-order valence-corrected chi connectivity index (χ4v) is 3.04. The van der Waals surface area contributed by atoms with Crippen LogP contribution in [0.5, 0.6) is 0 Å². The van der Waals surface area contributed by atoms with E-state index in [1.807, 2.05) is 11.7 Å². The average molecular weight is 300 g/mol. The lowest BCUT2D eigenvalue weighted by molar-refractivity contribution is 0.735. The minimum absolute atomic E-state index is 0.722. The fraction of sp³-hybridized carbons (Fsp3) is 0.375. The van der Waals surface area contributed by atoms with Crippen molar-refractivity contribution >= 4 is 23.4 Å². The van der Waals surface area contributed by atoms with Gasteiger partial charge in [-0.15, -0.1) is 0 Å². The normalized spacial score (nSPS) is 11.4. The molecule has 3 aromatic rings. The van der Waals surface area contributed by atoms with Gasteiger partial charge in [-0.3, -0.25) is 4.57 Å². The first kappa shape index (κ1) is 14.1. The Labute approximate surface area is 129 Å². The van der Waals surface area contributed by atoms with Crippen LogP contribution < -0.4 is 0 Å². The molecule has 5 heteroatoms. The Morgan fingerprint density at radius 2 is 1.90 bits per heavy atom. The second-order valence-electron chi connectivity index (χ2n) is 5.30. The first-order valence-corrected chi connectivity index (χ1v) is 7.82. The second-order valence-corrected chi connectivity index (χ2v) is 5.69. The van der Waals surface area contributed by atoms with Gasteiger partial charge in [0.1, 0.15) is 5.52 Å². The SMILES string of the molecule is CCCc1nn(C)c2c1[nH]c(=S)n2-c1ccc(CC)cc1. The average Bonchev–Trinajstić information content (AvgIpc) is 2.97. The van der Waals surface area contributed by atoms with E-state index in [0.29, 0.717) is 0 Å². The number of H-pyrrole nitrogens is 1. The lowest BCUT2D eigenvalue weighted by Crippen LogP contribution is -2.01. The molecule has 2 aromatic heterocycles. The Balaban J connectivity index is 2.21. The van der Waals surface area contributed by atoms with Crippen LogP contribution in [-0.4, -0.2) is 19.3 Å². The highest BCUT2D eigenvalue weighted by molar-refractivity contribution is 7.71. The summed E-state index contributed by atoms with van der Waals surface area (Å²) in [5.74, 6) is 0. The Morgan fingerprint density at radius 3 is 2.52 bits per heavy atom. The molecule has 3 rings (SSSR count). The number of imidazole rings is 1. The monoisotopic (exact) mass is 300 g/mol. The van der Waals surface area contributed by atoms with Crippen molar-refractivity contribution < 1.29 is 0 Å². The van der Waals surface area contributed by atoms with E-state index in [2.05, 4.69) is 52.8 Å². The number of aryl methyl sites for hydroxylation is 3. The molecular weight excluding hydrogens is 280 g/mol. The molecule has 2 heterocycles. The van der Waals surface area contributed by atoms with Gasteiger partial charge in [0.15, 0.2) is 10.4 Å². The molecule has 4 nitrogen and oxygen atoms in total. The van der Waals surface area contributed by atoms with Crippen molar-refractivity contribution in [1.82, 2.24) is 19.3 Å². The predicted molar refractivity (Wildman–Crippen MR) is 88.6 cm³/mol. The Kier molecular flexibility index (Phi) is 3.68. The van der Waals surface area contributed by atoms with E-state index in [1.165, 1.54) is 5.56 Å². The number of fused-ring (bicyclic) bond motifs is 1. The molecule has 21 heavy (non-hydrogen) atoms. The van der Waals surface area contributed by atoms with Crippen molar-refractivity contribution in [1.29, 1.82) is 0 Å². The molecule has 0 fully saturated rings. The lowest BCUT2D eigenvalue weighted by Gasteiger charge is -2.05. The summed E-state index contributed by atoms with van der Waals surface area (Å²) in [6, 6.07) is 8.54. The second kappa shape index (κ2) is 5.48. The number of aromatic amines is 1. The van der Waals surface area contributed by atoms with E-state index in [0.717, 1.165) is 46.6 Å². The zero-order valence-corrected chi connectivity index (χ0v) is 13.5. The van der Waals surface area contributed by atoms with Crippen molar-refractivity contribution in [3.8, 4) is 5.69 Å². The summed E-state index contributed by atoms with van der Waals surface area (Å²) in [5, 5.41) is 4.62. The van der Waals surface area contributed by atoms with Crippen LogP contribution in [0, 0.1) is 4.77 Å². The summed E-state index contributed by atoms with van der Waals surface area (Å²) < 4.78 is 4.70. The van der Waals surface area contributed by atoms with E-state index in [-0.39, 0.29) is 0 Å². The topological polar surface area (TPSA) is 38.5 Å². The minimum Gasteiger partial charge on any atom is -0.327 e. The van der Waals surface area contributed by atoms with Gasteiger partial charge in [-0.25, -0.2) is 4.68 Å². The molecule has 1 N–H and O–H groups in total. The molecule has 0 aliphatic carbocycles. The van der Waals surface area contributed by atoms with Crippen LogP contribution in [0.3, 0.4) is 0 Å². The van der Waals surface area contributed by atoms with Crippen molar-refractivity contribution in [2.24, 2.45) is 7.05 Å². The largest absolute Gasteiger partial charge is 0.327 e. The quantitative estimate of drug-likeness (QED) is 0.741. The van der Waals surface area contributed by atoms with E-state index in [1.54, 1.807) is 0 Å². The van der Waals surface area contributed by atoms with Crippen LogP contribution in [-0.2, 0) is 19.9 Å². The van der Waals surface area contributed by atoms with Gasteiger partial charge in [0.25, 0.3) is 0 Å². The molecule has 0 spiro atoms. The first-order chi connectivity index (χ1) is 10.2. The smallest absolute Gasteiger partial charge is 0.184 e. The van der Waals surface area contributed by atoms with Crippen LogP contribution in [0.15, 0.2) is 24.3 Å². The Hall–Kier alpha value is -1.88. The summed E-state index contributed by atoms with van der Waals surface area (Å²) in [5.41, 5.74) is 5.59. The van der Waals surface area contributed by atoms with Gasteiger partial charge < -0.3 is 4.98 Å². The zero-order valence-electron chi connectivity index (χ0n) is 12.7. The van der Waals surface area contributed by atoms with Crippen molar-refractivity contribution in [2.75, 3.05) is 0 Å². The third-order valence-electron chi connectivity index (χ3n) is 3.83. The number of hydrogen-bond donors (Lipinski definition) is 1. The summed E-state index contributed by atoms with van der Waals surface area (Å²) in [6.07, 6.45) is 3.07. The molecule has 0 saturated heterocycles. The minimum atomic E-state index is 0.722. The van der Waals surface area contributed by atoms with Crippen LogP contribution in [0.1, 0.15) is 31.5 Å². The van der Waals surface area contributed by atoms with Crippen LogP contribution in [0.4, 0.5) is 0 Å². The molecule has 0 aliphatic heterocycles. The van der Waals surface area contributed by atoms with Crippen molar-refractivity contribution in [3.63, 3.8) is 0 Å². The van der Waals surface area contributed by atoms with Gasteiger partial charge in [-0.1, -0.05) is 32.4 Å². The van der Waals surface area contributed by atoms with E-state index in [4.69, 9.17) is 12.2 Å². The molecule has 0 unspecified atom stereocenters. The van der Waals surface area contributed by atoms with Gasteiger partial charge in [-0.2, -0.15) is 5.10 Å². The molecule has 0 atom stereocenters. The molecule has 0 aliphatic rings. The Morgan fingerprint density at radius 1 is 1.19 bits per heavy atom. The van der Waals surface area contributed by atoms with Gasteiger partial charge in [0.05, 0.1) is 5.69 Å². The summed E-state index contributed by atoms with van der Waals surface area (Å²) in [4.78, 5) is 3.32. The predicted octanol–water partition coefficient (Wildman–Crippen LogP) is 3.94. The molecule has 0 amide bonds. The standard InChI is InChI=1S/C16H20N4S/c1-4-6-13-14-15(19(3)18-13)20(16(21)17-14)12-9-7-11(5-2)8-10-12/h7-10H,4-6H2,1-3H3,(H,17,21). The first-order valence-electron chi connectivity index (χ1n) is 7.41. The van der Waals surface area contributed by atoms with Crippen molar-refractivity contribution in [2.45, 2.75) is 33.1 Å². The van der Waals surface area contributed by atoms with E-state index >= 15 is 0 Å². The zero-order chi connectivity index (χ0) is 15.0. The molecule has 0 saturated carbocycles. The highest BCUT2D eigenvalue weighted by Crippen LogP contribution is 2.23. The molecule has 1 aromatic carbocycles. The fourth-order valence-electron chi connectivity index (χ4n) is 2.74. The number of rotatable bonds is 4. The third-order valence-corrected chi connectivity index (χ3v) is 4.11. The summed E-state index contributed by atoms with van der Waals surface area (Å²) in [7, 11) is 1.97. The lowest BCUT2D eigenvalue weighted by atomic mass is 10.1. The maximum atomic E-state index is 5.52. The van der Waals surface area contributed by atoms with Crippen LogP contribution >= 0.6 is 12.2 Å². The van der Waals surface area contributed by atoms with Crippen LogP contribution in [0.2, 0.25) is 0 Å². The number of aromatic nitrogens is 4. The highest BCUT2D eigenvalue weighted by atomic mass is 32.1. The Bertz CT molecular complexity index is 820. The number of nitrogens with one attached hydrogen (secondary N) is 1. The van der Waals surface area contributed by atoms with E-state index in [9.17, 15) is 0 Å². The van der Waals surface area contributed by atoms with Crippen LogP contribution in [0.25, 0.3) is 16.9 Å².